The average Bonchev–Trinajstić information content (AvgIpc) is 2.42. The van der Waals surface area contributed by atoms with Crippen LogP contribution in [0.5, 0.6) is 0 Å². The SMILES string of the molecule is NS(=O)(=O)[C@H]1C[C@H]2CC[C@H]1O2. The highest BCUT2D eigenvalue weighted by atomic mass is 32.2. The molecule has 0 aromatic carbocycles. The maximum absolute atomic E-state index is 10.9. The monoisotopic (exact) mass is 177 g/mol. The summed E-state index contributed by atoms with van der Waals surface area (Å²) in [5, 5.41) is 4.59. The van der Waals surface area contributed by atoms with E-state index in [-0.39, 0.29) is 12.2 Å². The molecular weight excluding hydrogens is 166 g/mol. The van der Waals surface area contributed by atoms with E-state index in [0.717, 1.165) is 12.8 Å². The van der Waals surface area contributed by atoms with Crippen LogP contribution in [0, 0.1) is 0 Å². The van der Waals surface area contributed by atoms with Gasteiger partial charge in [-0.25, -0.2) is 13.6 Å². The molecule has 2 aliphatic rings. The van der Waals surface area contributed by atoms with Gasteiger partial charge in [-0.05, 0) is 19.3 Å². The molecule has 3 atom stereocenters. The fourth-order valence-corrected chi connectivity index (χ4v) is 3.04. The van der Waals surface area contributed by atoms with Crippen LogP contribution < -0.4 is 5.14 Å². The Kier molecular flexibility index (Phi) is 1.49. The zero-order valence-electron chi connectivity index (χ0n) is 6.06. The van der Waals surface area contributed by atoms with Crippen molar-refractivity contribution in [3.05, 3.63) is 0 Å². The van der Waals surface area contributed by atoms with Gasteiger partial charge in [0, 0.05) is 0 Å². The molecule has 2 fully saturated rings. The highest BCUT2D eigenvalue weighted by Gasteiger charge is 2.46. The van der Waals surface area contributed by atoms with Gasteiger partial charge >= 0.3 is 0 Å². The minimum atomic E-state index is -3.36. The Bertz CT molecular complexity index is 261. The molecule has 2 rings (SSSR count). The third-order valence-corrected chi connectivity index (χ3v) is 3.81. The van der Waals surface area contributed by atoms with E-state index in [4.69, 9.17) is 9.88 Å². The molecule has 2 heterocycles. The number of rotatable bonds is 1. The van der Waals surface area contributed by atoms with E-state index in [2.05, 4.69) is 0 Å². The number of hydrogen-bond acceptors (Lipinski definition) is 3. The second kappa shape index (κ2) is 2.18. The van der Waals surface area contributed by atoms with Gasteiger partial charge in [0.1, 0.15) is 5.25 Å². The Morgan fingerprint density at radius 3 is 2.36 bits per heavy atom. The molecule has 0 radical (unpaired) electrons. The van der Waals surface area contributed by atoms with Crippen molar-refractivity contribution < 1.29 is 13.2 Å². The Morgan fingerprint density at radius 1 is 1.36 bits per heavy atom. The van der Waals surface area contributed by atoms with E-state index in [0.29, 0.717) is 6.42 Å². The highest BCUT2D eigenvalue weighted by Crippen LogP contribution is 2.36. The zero-order chi connectivity index (χ0) is 8.06. The molecule has 0 aromatic rings. The van der Waals surface area contributed by atoms with Crippen molar-refractivity contribution in [2.75, 3.05) is 0 Å². The molecule has 0 aliphatic carbocycles. The van der Waals surface area contributed by atoms with E-state index in [1.165, 1.54) is 0 Å². The Hall–Kier alpha value is -0.130. The largest absolute Gasteiger partial charge is 0.374 e. The second-order valence-corrected chi connectivity index (χ2v) is 5.02. The lowest BCUT2D eigenvalue weighted by Crippen LogP contribution is -2.36. The number of sulfonamides is 1. The van der Waals surface area contributed by atoms with E-state index in [9.17, 15) is 8.42 Å². The molecule has 0 aromatic heterocycles. The predicted molar refractivity (Wildman–Crippen MR) is 39.4 cm³/mol. The lowest BCUT2D eigenvalue weighted by Gasteiger charge is -2.15. The minimum Gasteiger partial charge on any atom is -0.374 e. The molecule has 5 heteroatoms. The molecule has 0 unspecified atom stereocenters. The van der Waals surface area contributed by atoms with Crippen LogP contribution in [0.25, 0.3) is 0 Å². The summed E-state index contributed by atoms with van der Waals surface area (Å²) >= 11 is 0. The van der Waals surface area contributed by atoms with Gasteiger partial charge < -0.3 is 4.74 Å². The number of nitrogens with two attached hydrogens (primary N) is 1. The number of hydrogen-bond donors (Lipinski definition) is 1. The topological polar surface area (TPSA) is 69.4 Å². The maximum atomic E-state index is 10.9. The maximum Gasteiger partial charge on any atom is 0.214 e. The third kappa shape index (κ3) is 1.17. The van der Waals surface area contributed by atoms with Gasteiger partial charge in [-0.15, -0.1) is 0 Å². The van der Waals surface area contributed by atoms with Crippen LogP contribution >= 0.6 is 0 Å². The molecule has 64 valence electrons. The number of primary sulfonamides is 1. The first kappa shape index (κ1) is 7.52. The average molecular weight is 177 g/mol. The first-order valence-electron chi connectivity index (χ1n) is 3.74. The summed E-state index contributed by atoms with van der Waals surface area (Å²) in [5.41, 5.74) is 0. The highest BCUT2D eigenvalue weighted by molar-refractivity contribution is 7.89. The lowest BCUT2D eigenvalue weighted by atomic mass is 10.0. The first-order valence-corrected chi connectivity index (χ1v) is 5.35. The molecule has 0 saturated carbocycles. The smallest absolute Gasteiger partial charge is 0.214 e. The summed E-state index contributed by atoms with van der Waals surface area (Å²) < 4.78 is 27.2. The predicted octanol–water partition coefficient (Wildman–Crippen LogP) is -0.405. The van der Waals surface area contributed by atoms with E-state index >= 15 is 0 Å². The fourth-order valence-electron chi connectivity index (χ4n) is 1.94. The van der Waals surface area contributed by atoms with Gasteiger partial charge in [0.25, 0.3) is 0 Å². The van der Waals surface area contributed by atoms with Gasteiger partial charge in [-0.1, -0.05) is 0 Å². The van der Waals surface area contributed by atoms with Crippen LogP contribution in [0.4, 0.5) is 0 Å². The summed E-state index contributed by atoms with van der Waals surface area (Å²) in [4.78, 5) is 0. The van der Waals surface area contributed by atoms with Gasteiger partial charge in [-0.3, -0.25) is 0 Å². The number of fused-ring (bicyclic) bond motifs is 2. The molecule has 2 aliphatic heterocycles. The number of ether oxygens (including phenoxy) is 1. The molecule has 2 bridgehead atoms. The van der Waals surface area contributed by atoms with Gasteiger partial charge in [0.2, 0.25) is 10.0 Å². The van der Waals surface area contributed by atoms with Crippen molar-refractivity contribution in [3.63, 3.8) is 0 Å². The van der Waals surface area contributed by atoms with Crippen molar-refractivity contribution >= 4 is 10.0 Å². The van der Waals surface area contributed by atoms with Crippen molar-refractivity contribution in [1.82, 2.24) is 0 Å². The van der Waals surface area contributed by atoms with Crippen molar-refractivity contribution in [2.45, 2.75) is 36.7 Å². The Morgan fingerprint density at radius 2 is 2.09 bits per heavy atom. The van der Waals surface area contributed by atoms with Crippen LogP contribution in [0.1, 0.15) is 19.3 Å². The van der Waals surface area contributed by atoms with Crippen molar-refractivity contribution in [3.8, 4) is 0 Å². The summed E-state index contributed by atoms with van der Waals surface area (Å²) in [7, 11) is -3.36. The zero-order valence-corrected chi connectivity index (χ0v) is 6.88. The molecular formula is C6H11NO3S. The van der Waals surface area contributed by atoms with Crippen molar-refractivity contribution in [1.29, 1.82) is 0 Å². The Labute approximate surface area is 65.8 Å². The molecule has 2 saturated heterocycles. The summed E-state index contributed by atoms with van der Waals surface area (Å²) in [6.07, 6.45) is 2.49. The quantitative estimate of drug-likeness (QED) is 0.592. The molecule has 0 spiro atoms. The summed E-state index contributed by atoms with van der Waals surface area (Å²) in [5.74, 6) is 0. The summed E-state index contributed by atoms with van der Waals surface area (Å²) in [6.45, 7) is 0. The van der Waals surface area contributed by atoms with Crippen molar-refractivity contribution in [2.24, 2.45) is 5.14 Å². The molecule has 11 heavy (non-hydrogen) atoms. The minimum absolute atomic E-state index is 0.116. The molecule has 2 N–H and O–H groups in total. The van der Waals surface area contributed by atoms with Crippen LogP contribution in [0.15, 0.2) is 0 Å². The van der Waals surface area contributed by atoms with E-state index in [1.54, 1.807) is 0 Å². The van der Waals surface area contributed by atoms with Crippen LogP contribution in [0.2, 0.25) is 0 Å². The standard InChI is InChI=1S/C6H11NO3S/c7-11(8,9)6-3-4-1-2-5(6)10-4/h4-6H,1-3H2,(H2,7,8,9)/t4-,5-,6+/m1/s1. The van der Waals surface area contributed by atoms with Crippen LogP contribution in [0.3, 0.4) is 0 Å². The van der Waals surface area contributed by atoms with Gasteiger partial charge in [0.05, 0.1) is 12.2 Å². The Balaban J connectivity index is 2.21. The fraction of sp³-hybridized carbons (Fsp3) is 1.00. The molecule has 0 amide bonds. The molecule has 4 nitrogen and oxygen atoms in total. The second-order valence-electron chi connectivity index (χ2n) is 3.24. The normalized spacial score (nSPS) is 43.2. The van der Waals surface area contributed by atoms with Gasteiger partial charge in [0.15, 0.2) is 0 Å². The van der Waals surface area contributed by atoms with E-state index in [1.807, 2.05) is 0 Å². The van der Waals surface area contributed by atoms with Gasteiger partial charge in [-0.2, -0.15) is 0 Å². The van der Waals surface area contributed by atoms with Crippen LogP contribution in [-0.2, 0) is 14.8 Å². The summed E-state index contributed by atoms with van der Waals surface area (Å²) in [6, 6.07) is 0. The van der Waals surface area contributed by atoms with Crippen LogP contribution in [-0.4, -0.2) is 25.9 Å². The third-order valence-electron chi connectivity index (χ3n) is 2.47. The van der Waals surface area contributed by atoms with E-state index < -0.39 is 15.3 Å². The lowest BCUT2D eigenvalue weighted by molar-refractivity contribution is 0.105. The first-order chi connectivity index (χ1) is 5.07.